The fourth-order valence-corrected chi connectivity index (χ4v) is 3.09. The molecule has 31 heavy (non-hydrogen) atoms. The topological polar surface area (TPSA) is 59.4 Å². The zero-order chi connectivity index (χ0) is 22.6. The number of ether oxygens (including phenoxy) is 1. The SMILES string of the molecule is Cc1cc(C(F)(F)F)ccc1-c1cccc(OC=C2C=CC(CCC(=O)O)=C(F)C2)n1. The van der Waals surface area contributed by atoms with Gasteiger partial charge in [0.1, 0.15) is 5.83 Å². The summed E-state index contributed by atoms with van der Waals surface area (Å²) in [4.78, 5) is 14.9. The summed E-state index contributed by atoms with van der Waals surface area (Å²) in [6.45, 7) is 1.58. The number of carboxylic acid groups (broad SMARTS) is 1. The normalized spacial score (nSPS) is 15.5. The minimum atomic E-state index is -4.42. The van der Waals surface area contributed by atoms with Gasteiger partial charge in [0.2, 0.25) is 5.88 Å². The third-order valence-electron chi connectivity index (χ3n) is 4.70. The van der Waals surface area contributed by atoms with Crippen molar-refractivity contribution >= 4 is 5.97 Å². The number of aromatic nitrogens is 1. The Morgan fingerprint density at radius 1 is 1.23 bits per heavy atom. The van der Waals surface area contributed by atoms with E-state index in [0.29, 0.717) is 28.0 Å². The van der Waals surface area contributed by atoms with Crippen LogP contribution in [0.1, 0.15) is 30.4 Å². The predicted octanol–water partition coefficient (Wildman–Crippen LogP) is 6.39. The maximum Gasteiger partial charge on any atom is 0.416 e. The first-order chi connectivity index (χ1) is 14.6. The number of benzene rings is 1. The van der Waals surface area contributed by atoms with E-state index in [-0.39, 0.29) is 25.1 Å². The number of carbonyl (C=O) groups is 1. The number of hydrogen-bond acceptors (Lipinski definition) is 3. The molecule has 0 atom stereocenters. The van der Waals surface area contributed by atoms with E-state index in [2.05, 4.69) is 4.98 Å². The van der Waals surface area contributed by atoms with Crippen LogP contribution in [0.15, 0.2) is 71.8 Å². The zero-order valence-corrected chi connectivity index (χ0v) is 16.5. The number of carboxylic acids is 1. The maximum atomic E-state index is 14.2. The molecule has 1 aliphatic carbocycles. The Kier molecular flexibility index (Phi) is 6.58. The lowest BCUT2D eigenvalue weighted by molar-refractivity contribution is -0.138. The average Bonchev–Trinajstić information content (AvgIpc) is 2.71. The second kappa shape index (κ2) is 9.16. The van der Waals surface area contributed by atoms with Gasteiger partial charge < -0.3 is 9.84 Å². The van der Waals surface area contributed by atoms with Gasteiger partial charge in [-0.3, -0.25) is 4.79 Å². The Hall–Kier alpha value is -3.42. The molecular formula is C23H19F4NO3. The molecule has 3 rings (SSSR count). The van der Waals surface area contributed by atoms with Crippen molar-refractivity contribution in [1.82, 2.24) is 4.98 Å². The highest BCUT2D eigenvalue weighted by Gasteiger charge is 2.30. The van der Waals surface area contributed by atoms with Gasteiger partial charge in [0, 0.05) is 24.5 Å². The van der Waals surface area contributed by atoms with Crippen molar-refractivity contribution in [2.45, 2.75) is 32.4 Å². The van der Waals surface area contributed by atoms with Crippen LogP contribution in [-0.2, 0) is 11.0 Å². The van der Waals surface area contributed by atoms with Crippen LogP contribution in [0.25, 0.3) is 11.3 Å². The van der Waals surface area contributed by atoms with Crippen molar-refractivity contribution < 1.29 is 32.2 Å². The monoisotopic (exact) mass is 433 g/mol. The zero-order valence-electron chi connectivity index (χ0n) is 16.5. The molecule has 0 bridgehead atoms. The summed E-state index contributed by atoms with van der Waals surface area (Å²) in [6, 6.07) is 8.34. The molecule has 1 heterocycles. The van der Waals surface area contributed by atoms with Crippen molar-refractivity contribution in [2.75, 3.05) is 0 Å². The Labute approximate surface area is 176 Å². The molecule has 0 radical (unpaired) electrons. The van der Waals surface area contributed by atoms with Crippen LogP contribution in [-0.4, -0.2) is 16.1 Å². The van der Waals surface area contributed by atoms with Gasteiger partial charge in [-0.25, -0.2) is 9.37 Å². The van der Waals surface area contributed by atoms with Gasteiger partial charge >= 0.3 is 12.1 Å². The molecule has 4 nitrogen and oxygen atoms in total. The molecule has 0 fully saturated rings. The van der Waals surface area contributed by atoms with Gasteiger partial charge in [-0.05, 0) is 48.3 Å². The summed E-state index contributed by atoms with van der Waals surface area (Å²) in [5.74, 6) is -1.20. The second-order valence-corrected chi connectivity index (χ2v) is 7.03. The minimum Gasteiger partial charge on any atom is -0.481 e. The molecule has 1 aromatic carbocycles. The summed E-state index contributed by atoms with van der Waals surface area (Å²) >= 11 is 0. The van der Waals surface area contributed by atoms with E-state index < -0.39 is 23.5 Å². The number of halogens is 4. The van der Waals surface area contributed by atoms with Gasteiger partial charge in [-0.15, -0.1) is 0 Å². The van der Waals surface area contributed by atoms with Crippen molar-refractivity contribution in [3.05, 3.63) is 82.9 Å². The van der Waals surface area contributed by atoms with Crippen molar-refractivity contribution in [3.8, 4) is 17.1 Å². The van der Waals surface area contributed by atoms with Crippen LogP contribution in [0.2, 0.25) is 0 Å². The highest BCUT2D eigenvalue weighted by atomic mass is 19.4. The Balaban J connectivity index is 1.72. The molecule has 0 saturated carbocycles. The molecule has 162 valence electrons. The lowest BCUT2D eigenvalue weighted by Crippen LogP contribution is -2.05. The van der Waals surface area contributed by atoms with E-state index in [0.717, 1.165) is 12.1 Å². The second-order valence-electron chi connectivity index (χ2n) is 7.03. The van der Waals surface area contributed by atoms with E-state index in [1.807, 2.05) is 0 Å². The molecule has 0 spiro atoms. The largest absolute Gasteiger partial charge is 0.481 e. The number of aliphatic carboxylic acids is 1. The highest BCUT2D eigenvalue weighted by molar-refractivity contribution is 5.67. The number of rotatable bonds is 6. The van der Waals surface area contributed by atoms with E-state index in [4.69, 9.17) is 9.84 Å². The Morgan fingerprint density at radius 2 is 2.00 bits per heavy atom. The van der Waals surface area contributed by atoms with Gasteiger partial charge in [-0.2, -0.15) is 13.2 Å². The number of nitrogens with zero attached hydrogens (tertiary/aromatic N) is 1. The minimum absolute atomic E-state index is 0.0246. The molecular weight excluding hydrogens is 414 g/mol. The van der Waals surface area contributed by atoms with Crippen LogP contribution in [0.5, 0.6) is 5.88 Å². The quantitative estimate of drug-likeness (QED) is 0.424. The summed E-state index contributed by atoms with van der Waals surface area (Å²) in [5, 5.41) is 8.71. The molecule has 0 unspecified atom stereocenters. The number of alkyl halides is 3. The van der Waals surface area contributed by atoms with Crippen LogP contribution >= 0.6 is 0 Å². The van der Waals surface area contributed by atoms with Crippen molar-refractivity contribution in [3.63, 3.8) is 0 Å². The highest BCUT2D eigenvalue weighted by Crippen LogP contribution is 2.33. The fourth-order valence-electron chi connectivity index (χ4n) is 3.09. The lowest BCUT2D eigenvalue weighted by atomic mass is 9.99. The molecule has 1 N–H and O–H groups in total. The van der Waals surface area contributed by atoms with Crippen molar-refractivity contribution in [2.24, 2.45) is 0 Å². The molecule has 0 amide bonds. The van der Waals surface area contributed by atoms with Crippen LogP contribution in [0, 0.1) is 6.92 Å². The van der Waals surface area contributed by atoms with Gasteiger partial charge in [0.05, 0.1) is 17.5 Å². The average molecular weight is 433 g/mol. The van der Waals surface area contributed by atoms with Crippen LogP contribution in [0.3, 0.4) is 0 Å². The van der Waals surface area contributed by atoms with E-state index >= 15 is 0 Å². The maximum absolute atomic E-state index is 14.2. The molecule has 1 aromatic heterocycles. The molecule has 8 heteroatoms. The number of pyridine rings is 1. The number of aryl methyl sites for hydroxylation is 1. The molecule has 0 aliphatic heterocycles. The first-order valence-corrected chi connectivity index (χ1v) is 9.42. The summed E-state index contributed by atoms with van der Waals surface area (Å²) in [6.07, 6.45) is 0.0264. The predicted molar refractivity (Wildman–Crippen MR) is 107 cm³/mol. The lowest BCUT2D eigenvalue weighted by Gasteiger charge is -2.12. The standard InChI is InChI=1S/C23H19F4NO3/c1-14-11-17(23(25,26)27)8-9-18(14)20-3-2-4-21(28-20)31-13-15-5-6-16(19(24)12-15)7-10-22(29)30/h2-6,8-9,11,13H,7,10,12H2,1H3,(H,29,30). The van der Waals surface area contributed by atoms with E-state index in [1.165, 1.54) is 18.4 Å². The summed E-state index contributed by atoms with van der Waals surface area (Å²) in [5.41, 5.74) is 1.57. The third-order valence-corrected chi connectivity index (χ3v) is 4.70. The third kappa shape index (κ3) is 5.81. The van der Waals surface area contributed by atoms with E-state index in [1.54, 1.807) is 31.2 Å². The summed E-state index contributed by atoms with van der Waals surface area (Å²) in [7, 11) is 0. The van der Waals surface area contributed by atoms with Gasteiger partial charge in [0.15, 0.2) is 0 Å². The molecule has 2 aromatic rings. The van der Waals surface area contributed by atoms with Crippen LogP contribution in [0.4, 0.5) is 17.6 Å². The first kappa shape index (κ1) is 22.3. The van der Waals surface area contributed by atoms with E-state index in [9.17, 15) is 22.4 Å². The van der Waals surface area contributed by atoms with Gasteiger partial charge in [-0.1, -0.05) is 24.3 Å². The Morgan fingerprint density at radius 3 is 2.65 bits per heavy atom. The van der Waals surface area contributed by atoms with Gasteiger partial charge in [0.25, 0.3) is 0 Å². The fraction of sp³-hybridized carbons (Fsp3) is 0.217. The molecule has 1 aliphatic rings. The number of allylic oxidation sites excluding steroid dienone is 5. The van der Waals surface area contributed by atoms with Crippen molar-refractivity contribution in [1.29, 1.82) is 0 Å². The molecule has 0 saturated heterocycles. The first-order valence-electron chi connectivity index (χ1n) is 9.42. The Bertz CT molecular complexity index is 1080. The smallest absolute Gasteiger partial charge is 0.416 e. The number of hydrogen-bond donors (Lipinski definition) is 1. The van der Waals surface area contributed by atoms with Crippen LogP contribution < -0.4 is 4.74 Å². The summed E-state index contributed by atoms with van der Waals surface area (Å²) < 4.78 is 58.3.